The van der Waals surface area contributed by atoms with Gasteiger partial charge in [0, 0.05) is 57.1 Å². The normalized spacial score (nSPS) is 20.1. The fourth-order valence-electron chi connectivity index (χ4n) is 6.45. The molecule has 21 heteroatoms. The summed E-state index contributed by atoms with van der Waals surface area (Å²) in [5.74, 6) is -8.08. The summed E-state index contributed by atoms with van der Waals surface area (Å²) >= 11 is 0. The highest BCUT2D eigenvalue weighted by molar-refractivity contribution is 5.86. The van der Waals surface area contributed by atoms with Gasteiger partial charge in [-0.3, -0.25) is 19.6 Å². The van der Waals surface area contributed by atoms with Crippen LogP contribution in [0.1, 0.15) is 37.3 Å². The van der Waals surface area contributed by atoms with Crippen LogP contribution >= 0.6 is 0 Å². The third-order valence-corrected chi connectivity index (χ3v) is 8.91. The number of aromatic nitrogens is 1. The number of halogens is 10. The summed E-state index contributed by atoms with van der Waals surface area (Å²) in [4.78, 5) is 51.7. The molecule has 1 amide bonds. The largest absolute Gasteiger partial charge is 0.490 e. The molecule has 3 aliphatic rings. The lowest BCUT2D eigenvalue weighted by Gasteiger charge is -2.47. The van der Waals surface area contributed by atoms with Gasteiger partial charge in [-0.25, -0.2) is 18.8 Å². The van der Waals surface area contributed by atoms with Crippen LogP contribution in [0.5, 0.6) is 0 Å². The molecule has 11 nitrogen and oxygen atoms in total. The Hall–Kier alpha value is -4.53. The molecule has 3 fully saturated rings. The molecule has 0 radical (unpaired) electrons. The number of carbonyl (C=O) groups excluding carboxylic acids is 1. The van der Waals surface area contributed by atoms with Gasteiger partial charge in [0.15, 0.2) is 0 Å². The quantitative estimate of drug-likeness (QED) is 0.334. The third-order valence-electron chi connectivity index (χ3n) is 8.91. The van der Waals surface area contributed by atoms with E-state index in [2.05, 4.69) is 32.7 Å². The lowest BCUT2D eigenvalue weighted by molar-refractivity contribution is -0.193. The van der Waals surface area contributed by atoms with Crippen LogP contribution in [-0.4, -0.2) is 117 Å². The Kier molecular flexibility index (Phi) is 15.2. The molecular formula is C32H36F10N4O7. The minimum Gasteiger partial charge on any atom is -0.475 e. The number of nitrogens with zero attached hydrogens (tertiary/aromatic N) is 4. The van der Waals surface area contributed by atoms with Crippen molar-refractivity contribution in [1.29, 1.82) is 0 Å². The van der Waals surface area contributed by atoms with E-state index in [9.17, 15) is 48.7 Å². The predicted octanol–water partition coefficient (Wildman–Crippen LogP) is 5.46. The van der Waals surface area contributed by atoms with Gasteiger partial charge in [0.2, 0.25) is 5.91 Å². The summed E-state index contributed by atoms with van der Waals surface area (Å²) in [6, 6.07) is 11.0. The van der Waals surface area contributed by atoms with Crippen molar-refractivity contribution in [1.82, 2.24) is 19.7 Å². The number of benzene rings is 1. The number of fused-ring (bicyclic) bond motifs is 1. The molecule has 2 spiro atoms. The van der Waals surface area contributed by atoms with Crippen molar-refractivity contribution in [2.45, 2.75) is 57.8 Å². The zero-order chi connectivity index (χ0) is 40.4. The summed E-state index contributed by atoms with van der Waals surface area (Å²) in [5, 5.41) is 21.4. The Balaban J connectivity index is 0.000000379. The molecule has 5 rings (SSSR count). The number of likely N-dealkylation sites (tertiary alicyclic amines) is 3. The lowest BCUT2D eigenvalue weighted by atomic mass is 9.60. The van der Waals surface area contributed by atoms with Crippen LogP contribution in [0.25, 0.3) is 0 Å². The fourth-order valence-corrected chi connectivity index (χ4v) is 6.45. The van der Waals surface area contributed by atoms with E-state index in [0.717, 1.165) is 77.2 Å². The number of hydrogen-bond donors (Lipinski definition) is 3. The van der Waals surface area contributed by atoms with E-state index in [4.69, 9.17) is 29.7 Å². The SMILES string of the molecule is CCN1CCC2(CN(Cc3cccnc3)CC23CCN(Cc2ccc(F)cc2)CC3)C1=O.O=C(O)C(F)(F)F.O=C(O)C(F)(F)F.O=C(O)C(F)(F)F. The maximum Gasteiger partial charge on any atom is 0.490 e. The highest BCUT2D eigenvalue weighted by Crippen LogP contribution is 2.58. The van der Waals surface area contributed by atoms with Crippen LogP contribution in [0.2, 0.25) is 0 Å². The average molecular weight is 779 g/mol. The number of pyridine rings is 1. The molecule has 53 heavy (non-hydrogen) atoms. The first kappa shape index (κ1) is 44.6. The van der Waals surface area contributed by atoms with Crippen molar-refractivity contribution in [3.8, 4) is 0 Å². The standard InChI is InChI=1S/C26H33FN4O.3C2HF3O2/c1-2-31-15-11-26(24(31)32)20-30(18-22-4-3-12-28-16-22)19-25(26)9-13-29(14-10-25)17-21-5-7-23(27)8-6-21;3*3-2(4,5)1(6)7/h3-8,12,16H,2,9-11,13-15,17-20H2,1H3;3*(H,6,7). The minimum absolute atomic E-state index is 0.0372. The molecule has 1 aromatic carbocycles. The monoisotopic (exact) mass is 778 g/mol. The van der Waals surface area contributed by atoms with E-state index in [1.807, 2.05) is 30.6 Å². The number of rotatable bonds is 5. The first-order chi connectivity index (χ1) is 24.4. The molecule has 1 atom stereocenters. The summed E-state index contributed by atoms with van der Waals surface area (Å²) in [6.45, 7) is 9.29. The Morgan fingerprint density at radius 1 is 0.717 bits per heavy atom. The van der Waals surface area contributed by atoms with Crippen LogP contribution in [0.15, 0.2) is 48.8 Å². The predicted molar refractivity (Wildman–Crippen MR) is 163 cm³/mol. The topological polar surface area (TPSA) is 152 Å². The number of aliphatic carboxylic acids is 3. The molecule has 3 N–H and O–H groups in total. The number of piperidine rings is 1. The van der Waals surface area contributed by atoms with Gasteiger partial charge in [-0.1, -0.05) is 18.2 Å². The Morgan fingerprint density at radius 2 is 1.19 bits per heavy atom. The van der Waals surface area contributed by atoms with Gasteiger partial charge < -0.3 is 20.2 Å². The molecular weight excluding hydrogens is 742 g/mol. The van der Waals surface area contributed by atoms with Gasteiger partial charge in [0.05, 0.1) is 5.41 Å². The number of amides is 1. The van der Waals surface area contributed by atoms with Crippen LogP contribution in [0.4, 0.5) is 43.9 Å². The highest BCUT2D eigenvalue weighted by atomic mass is 19.4. The van der Waals surface area contributed by atoms with E-state index >= 15 is 0 Å². The Morgan fingerprint density at radius 3 is 1.58 bits per heavy atom. The summed E-state index contributed by atoms with van der Waals surface area (Å²) in [7, 11) is 0. The zero-order valence-electron chi connectivity index (χ0n) is 27.9. The molecule has 1 unspecified atom stereocenters. The van der Waals surface area contributed by atoms with Crippen molar-refractivity contribution in [2.24, 2.45) is 10.8 Å². The highest BCUT2D eigenvalue weighted by Gasteiger charge is 2.64. The van der Waals surface area contributed by atoms with Crippen molar-refractivity contribution in [3.63, 3.8) is 0 Å². The van der Waals surface area contributed by atoms with Crippen molar-refractivity contribution in [3.05, 3.63) is 65.7 Å². The molecule has 0 bridgehead atoms. The van der Waals surface area contributed by atoms with Crippen molar-refractivity contribution < 1.29 is 78.4 Å². The second-order valence-corrected chi connectivity index (χ2v) is 12.3. The van der Waals surface area contributed by atoms with Crippen LogP contribution in [0.3, 0.4) is 0 Å². The molecule has 0 saturated carbocycles. The van der Waals surface area contributed by atoms with Gasteiger partial charge in [-0.2, -0.15) is 39.5 Å². The van der Waals surface area contributed by atoms with Crippen molar-refractivity contribution in [2.75, 3.05) is 39.3 Å². The summed E-state index contributed by atoms with van der Waals surface area (Å²) in [6.07, 6.45) is -8.44. The van der Waals surface area contributed by atoms with Crippen LogP contribution < -0.4 is 0 Å². The smallest absolute Gasteiger partial charge is 0.475 e. The Labute approximate surface area is 295 Å². The van der Waals surface area contributed by atoms with Gasteiger partial charge in [-0.15, -0.1) is 0 Å². The van der Waals surface area contributed by atoms with Gasteiger partial charge in [0.1, 0.15) is 5.82 Å². The number of alkyl halides is 9. The number of carboxylic acids is 3. The first-order valence-electron chi connectivity index (χ1n) is 15.6. The number of carbonyl (C=O) groups is 4. The van der Waals surface area contributed by atoms with E-state index in [0.29, 0.717) is 5.91 Å². The van der Waals surface area contributed by atoms with Crippen LogP contribution in [-0.2, 0) is 32.3 Å². The molecule has 3 saturated heterocycles. The van der Waals surface area contributed by atoms with Crippen molar-refractivity contribution >= 4 is 23.8 Å². The van der Waals surface area contributed by atoms with E-state index in [1.165, 1.54) is 5.56 Å². The molecule has 3 aliphatic heterocycles. The van der Waals surface area contributed by atoms with Gasteiger partial charge in [0.25, 0.3) is 0 Å². The van der Waals surface area contributed by atoms with E-state index in [1.54, 1.807) is 12.1 Å². The minimum atomic E-state index is -5.08. The maximum atomic E-state index is 13.7. The maximum absolute atomic E-state index is 13.7. The van der Waals surface area contributed by atoms with E-state index < -0.39 is 36.4 Å². The van der Waals surface area contributed by atoms with Gasteiger partial charge >= 0.3 is 36.4 Å². The van der Waals surface area contributed by atoms with E-state index in [-0.39, 0.29) is 16.6 Å². The summed E-state index contributed by atoms with van der Waals surface area (Å²) < 4.78 is 108. The van der Waals surface area contributed by atoms with Crippen LogP contribution in [0, 0.1) is 16.6 Å². The molecule has 0 aliphatic carbocycles. The fraction of sp³-hybridized carbons (Fsp3) is 0.531. The molecule has 296 valence electrons. The Bertz CT molecular complexity index is 1480. The first-order valence-corrected chi connectivity index (χ1v) is 15.6. The number of hydrogen-bond acceptors (Lipinski definition) is 7. The molecule has 4 heterocycles. The molecule has 1 aromatic heterocycles. The second-order valence-electron chi connectivity index (χ2n) is 12.3. The average Bonchev–Trinajstić information content (AvgIpc) is 3.54. The third kappa shape index (κ3) is 12.5. The molecule has 2 aromatic rings. The second kappa shape index (κ2) is 18.0. The zero-order valence-corrected chi connectivity index (χ0v) is 27.9. The lowest BCUT2D eigenvalue weighted by Crippen LogP contribution is -2.52. The number of carboxylic acid groups (broad SMARTS) is 3. The summed E-state index contributed by atoms with van der Waals surface area (Å²) in [5.41, 5.74) is 2.14. The van der Waals surface area contributed by atoms with Gasteiger partial charge in [-0.05, 0) is 68.6 Å².